The zero-order valence-electron chi connectivity index (χ0n) is 10.9. The third-order valence-corrected chi connectivity index (χ3v) is 3.85. The first kappa shape index (κ1) is 13.1. The average Bonchev–Trinajstić information content (AvgIpc) is 3.04. The van der Waals surface area contributed by atoms with E-state index >= 15 is 0 Å². The molecule has 1 aromatic heterocycles. The topological polar surface area (TPSA) is 78.0 Å². The van der Waals surface area contributed by atoms with E-state index in [1.165, 1.54) is 12.4 Å². The Bertz CT molecular complexity index is 647. The molecule has 0 bridgehead atoms. The first-order chi connectivity index (χ1) is 9.57. The van der Waals surface area contributed by atoms with Gasteiger partial charge in [-0.3, -0.25) is 4.79 Å². The molecule has 0 atom stereocenters. The molecule has 0 spiro atoms. The zero-order chi connectivity index (χ0) is 14.2. The van der Waals surface area contributed by atoms with Crippen LogP contribution in [-0.4, -0.2) is 33.1 Å². The van der Waals surface area contributed by atoms with Crippen molar-refractivity contribution >= 4 is 16.9 Å². The molecule has 1 aliphatic carbocycles. The van der Waals surface area contributed by atoms with E-state index in [1.807, 2.05) is 0 Å². The van der Waals surface area contributed by atoms with Gasteiger partial charge in [-0.05, 0) is 25.0 Å². The van der Waals surface area contributed by atoms with Crippen LogP contribution in [0.4, 0.5) is 4.39 Å². The van der Waals surface area contributed by atoms with Crippen molar-refractivity contribution in [3.63, 3.8) is 0 Å². The van der Waals surface area contributed by atoms with Gasteiger partial charge in [-0.25, -0.2) is 9.37 Å². The minimum atomic E-state index is -0.826. The lowest BCUT2D eigenvalue weighted by Crippen LogP contribution is -2.40. The highest BCUT2D eigenvalue weighted by atomic mass is 19.1. The van der Waals surface area contributed by atoms with Crippen LogP contribution in [0.2, 0.25) is 0 Å². The van der Waals surface area contributed by atoms with Gasteiger partial charge < -0.3 is 15.4 Å². The summed E-state index contributed by atoms with van der Waals surface area (Å²) in [4.78, 5) is 19.0. The molecule has 1 amide bonds. The number of halogens is 1. The number of aromatic amines is 1. The smallest absolute Gasteiger partial charge is 0.253 e. The summed E-state index contributed by atoms with van der Waals surface area (Å²) in [5.74, 6) is -0.909. The van der Waals surface area contributed by atoms with E-state index in [-0.39, 0.29) is 12.1 Å². The number of amides is 1. The number of fused-ring (bicyclic) bond motifs is 1. The molecule has 0 unspecified atom stereocenters. The molecule has 20 heavy (non-hydrogen) atoms. The van der Waals surface area contributed by atoms with Crippen LogP contribution in [-0.2, 0) is 0 Å². The Kier molecular flexibility index (Phi) is 3.17. The number of rotatable bonds is 3. The van der Waals surface area contributed by atoms with Crippen LogP contribution in [0.1, 0.15) is 36.0 Å². The highest BCUT2D eigenvalue weighted by Gasteiger charge is 2.31. The maximum atomic E-state index is 13.5. The van der Waals surface area contributed by atoms with Crippen LogP contribution in [0.5, 0.6) is 0 Å². The average molecular weight is 277 g/mol. The van der Waals surface area contributed by atoms with Crippen LogP contribution in [0, 0.1) is 5.82 Å². The van der Waals surface area contributed by atoms with E-state index in [4.69, 9.17) is 0 Å². The van der Waals surface area contributed by atoms with E-state index in [1.54, 1.807) is 0 Å². The Balaban J connectivity index is 1.80. The lowest BCUT2D eigenvalue weighted by atomic mass is 10.0. The second-order valence-electron chi connectivity index (χ2n) is 5.37. The number of nitrogens with one attached hydrogen (secondary N) is 2. The molecular weight excluding hydrogens is 261 g/mol. The molecule has 0 saturated heterocycles. The third kappa shape index (κ3) is 2.38. The fraction of sp³-hybridized carbons (Fsp3) is 0.429. The van der Waals surface area contributed by atoms with E-state index < -0.39 is 17.3 Å². The fourth-order valence-electron chi connectivity index (χ4n) is 2.74. The number of nitrogens with zero attached hydrogens (tertiary/aromatic N) is 1. The number of aromatic nitrogens is 2. The molecule has 3 rings (SSSR count). The van der Waals surface area contributed by atoms with Gasteiger partial charge in [-0.1, -0.05) is 12.8 Å². The summed E-state index contributed by atoms with van der Waals surface area (Å²) >= 11 is 0. The summed E-state index contributed by atoms with van der Waals surface area (Å²) in [5.41, 5.74) is 0.271. The van der Waals surface area contributed by atoms with Crippen molar-refractivity contribution < 1.29 is 14.3 Å². The second kappa shape index (κ2) is 4.86. The number of hydrogen-bond donors (Lipinski definition) is 3. The predicted molar refractivity (Wildman–Crippen MR) is 71.8 cm³/mol. The minimum absolute atomic E-state index is 0.183. The quantitative estimate of drug-likeness (QED) is 0.799. The maximum Gasteiger partial charge on any atom is 0.253 e. The molecule has 0 aliphatic heterocycles. The van der Waals surface area contributed by atoms with Gasteiger partial charge in [0.15, 0.2) is 0 Å². The Morgan fingerprint density at radius 3 is 2.95 bits per heavy atom. The van der Waals surface area contributed by atoms with Crippen molar-refractivity contribution in [2.45, 2.75) is 31.3 Å². The summed E-state index contributed by atoms with van der Waals surface area (Å²) in [6.45, 7) is 0.189. The summed E-state index contributed by atoms with van der Waals surface area (Å²) in [5, 5.41) is 12.9. The molecule has 1 fully saturated rings. The van der Waals surface area contributed by atoms with Crippen LogP contribution < -0.4 is 5.32 Å². The highest BCUT2D eigenvalue weighted by Crippen LogP contribution is 2.28. The van der Waals surface area contributed by atoms with Gasteiger partial charge in [0, 0.05) is 6.54 Å². The molecule has 1 aromatic carbocycles. The van der Waals surface area contributed by atoms with Gasteiger partial charge in [0.25, 0.3) is 5.91 Å². The van der Waals surface area contributed by atoms with Crippen LogP contribution in [0.25, 0.3) is 11.0 Å². The molecular formula is C14H16FN3O2. The summed E-state index contributed by atoms with van der Waals surface area (Å²) in [6.07, 6.45) is 4.74. The van der Waals surface area contributed by atoms with Crippen molar-refractivity contribution in [3.8, 4) is 0 Å². The van der Waals surface area contributed by atoms with Crippen molar-refractivity contribution in [1.82, 2.24) is 15.3 Å². The lowest BCUT2D eigenvalue weighted by molar-refractivity contribution is 0.0450. The van der Waals surface area contributed by atoms with Gasteiger partial charge in [0.05, 0.1) is 23.0 Å². The van der Waals surface area contributed by atoms with E-state index in [0.717, 1.165) is 18.9 Å². The Labute approximate surface area is 115 Å². The molecule has 1 saturated carbocycles. The van der Waals surface area contributed by atoms with Crippen LogP contribution in [0.3, 0.4) is 0 Å². The van der Waals surface area contributed by atoms with E-state index in [0.29, 0.717) is 23.9 Å². The van der Waals surface area contributed by atoms with Gasteiger partial charge >= 0.3 is 0 Å². The summed E-state index contributed by atoms with van der Waals surface area (Å²) in [6, 6.07) is 2.46. The second-order valence-corrected chi connectivity index (χ2v) is 5.37. The van der Waals surface area contributed by atoms with Crippen molar-refractivity contribution in [3.05, 3.63) is 29.8 Å². The summed E-state index contributed by atoms with van der Waals surface area (Å²) < 4.78 is 13.5. The van der Waals surface area contributed by atoms with Gasteiger partial charge in [-0.2, -0.15) is 0 Å². The first-order valence-corrected chi connectivity index (χ1v) is 6.71. The third-order valence-electron chi connectivity index (χ3n) is 3.85. The SMILES string of the molecule is O=C(NCC1(O)CCCC1)c1cc(F)cc2[nH]cnc12. The standard InChI is InChI=1S/C14H16FN3O2/c15-9-5-10(12-11(6-9)17-8-18-12)13(19)16-7-14(20)3-1-2-4-14/h5-6,8,20H,1-4,7H2,(H,16,19)(H,17,18). The first-order valence-electron chi connectivity index (χ1n) is 6.71. The number of imidazole rings is 1. The Morgan fingerprint density at radius 1 is 1.45 bits per heavy atom. The molecule has 1 heterocycles. The van der Waals surface area contributed by atoms with Crippen molar-refractivity contribution in [2.24, 2.45) is 0 Å². The number of benzene rings is 1. The largest absolute Gasteiger partial charge is 0.388 e. The molecule has 6 heteroatoms. The molecule has 106 valence electrons. The van der Waals surface area contributed by atoms with Crippen molar-refractivity contribution in [1.29, 1.82) is 0 Å². The Hall–Kier alpha value is -1.95. The minimum Gasteiger partial charge on any atom is -0.388 e. The zero-order valence-corrected chi connectivity index (χ0v) is 10.9. The Morgan fingerprint density at radius 2 is 2.20 bits per heavy atom. The molecule has 0 radical (unpaired) electrons. The number of aliphatic hydroxyl groups is 1. The lowest BCUT2D eigenvalue weighted by Gasteiger charge is -2.22. The summed E-state index contributed by atoms with van der Waals surface area (Å²) in [7, 11) is 0. The molecule has 1 aliphatic rings. The molecule has 3 N–H and O–H groups in total. The maximum absolute atomic E-state index is 13.5. The normalized spacial score (nSPS) is 17.5. The monoisotopic (exact) mass is 277 g/mol. The van der Waals surface area contributed by atoms with Gasteiger partial charge in [0.1, 0.15) is 11.3 Å². The van der Waals surface area contributed by atoms with Gasteiger partial charge in [0.2, 0.25) is 0 Å². The predicted octanol–water partition coefficient (Wildman–Crippen LogP) is 1.74. The number of carbonyl (C=O) groups excluding carboxylic acids is 1. The van der Waals surface area contributed by atoms with E-state index in [9.17, 15) is 14.3 Å². The van der Waals surface area contributed by atoms with Crippen LogP contribution in [0.15, 0.2) is 18.5 Å². The molecule has 5 nitrogen and oxygen atoms in total. The highest BCUT2D eigenvalue weighted by molar-refractivity contribution is 6.04. The number of H-pyrrole nitrogens is 1. The fourth-order valence-corrected chi connectivity index (χ4v) is 2.74. The van der Waals surface area contributed by atoms with Crippen molar-refractivity contribution in [2.75, 3.05) is 6.54 Å². The molecule has 2 aromatic rings. The van der Waals surface area contributed by atoms with Crippen LogP contribution >= 0.6 is 0 Å². The van der Waals surface area contributed by atoms with Gasteiger partial charge in [-0.15, -0.1) is 0 Å². The number of carbonyl (C=O) groups is 1. The van der Waals surface area contributed by atoms with E-state index in [2.05, 4.69) is 15.3 Å². The number of hydrogen-bond acceptors (Lipinski definition) is 3.